The summed E-state index contributed by atoms with van der Waals surface area (Å²) in [6.45, 7) is 8.27. The minimum Gasteiger partial charge on any atom is -0.377 e. The van der Waals surface area contributed by atoms with Crippen molar-refractivity contribution in [2.24, 2.45) is 11.3 Å². The zero-order chi connectivity index (χ0) is 14.7. The van der Waals surface area contributed by atoms with Crippen molar-refractivity contribution in [2.75, 3.05) is 19.7 Å². The SMILES string of the molecule is CCCn1ncnc1CC1(CNCC)CCOC1C1CC1. The number of ether oxygens (including phenoxy) is 1. The average molecular weight is 292 g/mol. The summed E-state index contributed by atoms with van der Waals surface area (Å²) in [4.78, 5) is 4.53. The quantitative estimate of drug-likeness (QED) is 0.796. The van der Waals surface area contributed by atoms with Crippen LogP contribution in [0.25, 0.3) is 0 Å². The molecule has 2 fully saturated rings. The standard InChI is InChI=1S/C16H28N4O/c1-3-8-20-14(18-12-19-20)10-16(11-17-4-2)7-9-21-15(16)13-5-6-13/h12-13,15,17H,3-11H2,1-2H3. The van der Waals surface area contributed by atoms with Crippen LogP contribution in [-0.4, -0.2) is 40.6 Å². The number of hydrogen-bond acceptors (Lipinski definition) is 4. The van der Waals surface area contributed by atoms with Gasteiger partial charge in [0.05, 0.1) is 6.10 Å². The molecule has 1 aromatic rings. The minimum absolute atomic E-state index is 0.204. The molecule has 1 aliphatic heterocycles. The number of aryl methyl sites for hydroxylation is 1. The molecular weight excluding hydrogens is 264 g/mol. The summed E-state index contributed by atoms with van der Waals surface area (Å²) < 4.78 is 8.22. The van der Waals surface area contributed by atoms with E-state index in [1.807, 2.05) is 0 Å². The third-order valence-electron chi connectivity index (χ3n) is 4.92. The van der Waals surface area contributed by atoms with Gasteiger partial charge in [0.25, 0.3) is 0 Å². The van der Waals surface area contributed by atoms with Crippen LogP contribution in [-0.2, 0) is 17.7 Å². The van der Waals surface area contributed by atoms with E-state index in [4.69, 9.17) is 4.74 Å². The second-order valence-corrected chi connectivity index (χ2v) is 6.60. The van der Waals surface area contributed by atoms with Crippen LogP contribution >= 0.6 is 0 Å². The van der Waals surface area contributed by atoms with Crippen LogP contribution in [0, 0.1) is 11.3 Å². The Labute approximate surface area is 127 Å². The van der Waals surface area contributed by atoms with Gasteiger partial charge in [-0.3, -0.25) is 4.68 Å². The Morgan fingerprint density at radius 1 is 1.43 bits per heavy atom. The summed E-state index contributed by atoms with van der Waals surface area (Å²) in [5.41, 5.74) is 0.204. The van der Waals surface area contributed by atoms with Crippen LogP contribution in [0.2, 0.25) is 0 Å². The van der Waals surface area contributed by atoms with Gasteiger partial charge in [0.1, 0.15) is 12.2 Å². The van der Waals surface area contributed by atoms with Gasteiger partial charge in [-0.05, 0) is 38.1 Å². The van der Waals surface area contributed by atoms with E-state index in [-0.39, 0.29) is 5.41 Å². The highest BCUT2D eigenvalue weighted by Crippen LogP contribution is 2.49. The van der Waals surface area contributed by atoms with Crippen LogP contribution < -0.4 is 5.32 Å². The fourth-order valence-electron chi connectivity index (χ4n) is 3.70. The average Bonchev–Trinajstić information content (AvgIpc) is 3.11. The third kappa shape index (κ3) is 3.14. The van der Waals surface area contributed by atoms with E-state index in [1.165, 1.54) is 12.8 Å². The Kier molecular flexibility index (Phi) is 4.60. The molecule has 1 saturated heterocycles. The molecule has 2 heterocycles. The predicted molar refractivity (Wildman–Crippen MR) is 82.1 cm³/mol. The molecule has 0 radical (unpaired) electrons. The van der Waals surface area contributed by atoms with Gasteiger partial charge in [-0.25, -0.2) is 4.98 Å². The molecule has 5 heteroatoms. The molecule has 1 aromatic heterocycles. The molecule has 21 heavy (non-hydrogen) atoms. The number of hydrogen-bond donors (Lipinski definition) is 1. The maximum Gasteiger partial charge on any atom is 0.138 e. The highest BCUT2D eigenvalue weighted by molar-refractivity contribution is 5.05. The first kappa shape index (κ1) is 15.0. The molecule has 2 atom stereocenters. The maximum absolute atomic E-state index is 6.14. The van der Waals surface area contributed by atoms with Crippen molar-refractivity contribution in [1.82, 2.24) is 20.1 Å². The summed E-state index contributed by atoms with van der Waals surface area (Å²) in [7, 11) is 0. The van der Waals surface area contributed by atoms with Gasteiger partial charge in [-0.15, -0.1) is 0 Å². The normalized spacial score (nSPS) is 29.1. The zero-order valence-electron chi connectivity index (χ0n) is 13.3. The summed E-state index contributed by atoms with van der Waals surface area (Å²) in [5, 5.41) is 7.96. The molecular formula is C16H28N4O. The van der Waals surface area contributed by atoms with Crippen molar-refractivity contribution >= 4 is 0 Å². The Morgan fingerprint density at radius 2 is 2.29 bits per heavy atom. The number of nitrogens with one attached hydrogen (secondary N) is 1. The lowest BCUT2D eigenvalue weighted by molar-refractivity contribution is 0.0295. The van der Waals surface area contributed by atoms with Crippen LogP contribution in [0.1, 0.15) is 45.4 Å². The second-order valence-electron chi connectivity index (χ2n) is 6.60. The molecule has 1 aliphatic carbocycles. The van der Waals surface area contributed by atoms with Crippen LogP contribution in [0.5, 0.6) is 0 Å². The van der Waals surface area contributed by atoms with Crippen LogP contribution in [0.3, 0.4) is 0 Å². The fraction of sp³-hybridized carbons (Fsp3) is 0.875. The smallest absolute Gasteiger partial charge is 0.138 e. The van der Waals surface area contributed by atoms with Gasteiger partial charge in [0.2, 0.25) is 0 Å². The van der Waals surface area contributed by atoms with E-state index in [0.29, 0.717) is 6.10 Å². The van der Waals surface area contributed by atoms with Crippen molar-refractivity contribution in [3.8, 4) is 0 Å². The third-order valence-corrected chi connectivity index (χ3v) is 4.92. The Hall–Kier alpha value is -0.940. The number of nitrogens with zero attached hydrogens (tertiary/aromatic N) is 3. The first-order valence-corrected chi connectivity index (χ1v) is 8.48. The van der Waals surface area contributed by atoms with E-state index in [1.54, 1.807) is 6.33 Å². The molecule has 0 bridgehead atoms. The van der Waals surface area contributed by atoms with E-state index >= 15 is 0 Å². The van der Waals surface area contributed by atoms with Gasteiger partial charge < -0.3 is 10.1 Å². The summed E-state index contributed by atoms with van der Waals surface area (Å²) in [6, 6.07) is 0. The van der Waals surface area contributed by atoms with E-state index in [2.05, 4.69) is 33.9 Å². The summed E-state index contributed by atoms with van der Waals surface area (Å²) in [5.74, 6) is 1.90. The largest absolute Gasteiger partial charge is 0.377 e. The van der Waals surface area contributed by atoms with Crippen LogP contribution in [0.4, 0.5) is 0 Å². The lowest BCUT2D eigenvalue weighted by Gasteiger charge is -2.34. The molecule has 1 N–H and O–H groups in total. The van der Waals surface area contributed by atoms with Gasteiger partial charge in [-0.2, -0.15) is 5.10 Å². The van der Waals surface area contributed by atoms with Crippen molar-refractivity contribution in [3.63, 3.8) is 0 Å². The first-order valence-electron chi connectivity index (χ1n) is 8.48. The number of rotatable bonds is 8. The molecule has 5 nitrogen and oxygen atoms in total. The van der Waals surface area contributed by atoms with Gasteiger partial charge >= 0.3 is 0 Å². The second kappa shape index (κ2) is 6.44. The van der Waals surface area contributed by atoms with Gasteiger partial charge in [-0.1, -0.05) is 13.8 Å². The van der Waals surface area contributed by atoms with Gasteiger partial charge in [0, 0.05) is 31.5 Å². The highest BCUT2D eigenvalue weighted by Gasteiger charge is 2.51. The zero-order valence-corrected chi connectivity index (χ0v) is 13.3. The first-order chi connectivity index (χ1) is 10.3. The fourth-order valence-corrected chi connectivity index (χ4v) is 3.70. The predicted octanol–water partition coefficient (Wildman–Crippen LogP) is 2.03. The van der Waals surface area contributed by atoms with E-state index < -0.39 is 0 Å². The van der Waals surface area contributed by atoms with E-state index in [9.17, 15) is 0 Å². The maximum atomic E-state index is 6.14. The molecule has 1 saturated carbocycles. The summed E-state index contributed by atoms with van der Waals surface area (Å²) >= 11 is 0. The number of aromatic nitrogens is 3. The van der Waals surface area contributed by atoms with Crippen molar-refractivity contribution in [2.45, 2.75) is 58.6 Å². The molecule has 2 aliphatic rings. The lowest BCUT2D eigenvalue weighted by atomic mass is 9.75. The Bertz CT molecular complexity index is 457. The van der Waals surface area contributed by atoms with Gasteiger partial charge in [0.15, 0.2) is 0 Å². The molecule has 0 amide bonds. The topological polar surface area (TPSA) is 52.0 Å². The molecule has 0 spiro atoms. The van der Waals surface area contributed by atoms with Crippen molar-refractivity contribution in [3.05, 3.63) is 12.2 Å². The molecule has 0 aromatic carbocycles. The van der Waals surface area contributed by atoms with Crippen LogP contribution in [0.15, 0.2) is 6.33 Å². The minimum atomic E-state index is 0.204. The summed E-state index contributed by atoms with van der Waals surface area (Å²) in [6.07, 6.45) is 8.00. The Balaban J connectivity index is 1.79. The molecule has 118 valence electrons. The lowest BCUT2D eigenvalue weighted by Crippen LogP contribution is -2.44. The monoisotopic (exact) mass is 292 g/mol. The Morgan fingerprint density at radius 3 is 3.00 bits per heavy atom. The van der Waals surface area contributed by atoms with Crippen molar-refractivity contribution < 1.29 is 4.74 Å². The highest BCUT2D eigenvalue weighted by atomic mass is 16.5. The molecule has 3 rings (SSSR count). The van der Waals surface area contributed by atoms with E-state index in [0.717, 1.165) is 57.2 Å². The molecule has 2 unspecified atom stereocenters. The van der Waals surface area contributed by atoms with Crippen molar-refractivity contribution in [1.29, 1.82) is 0 Å².